The van der Waals surface area contributed by atoms with Gasteiger partial charge in [0.05, 0.1) is 11.9 Å². The highest BCUT2D eigenvalue weighted by atomic mass is 35.5. The second-order valence-electron chi connectivity index (χ2n) is 6.28. The zero-order valence-electron chi connectivity index (χ0n) is 14.9. The van der Waals surface area contributed by atoms with Gasteiger partial charge in [-0.2, -0.15) is 0 Å². The number of ether oxygens (including phenoxy) is 2. The van der Waals surface area contributed by atoms with E-state index in [1.165, 1.54) is 0 Å². The predicted octanol–water partition coefficient (Wildman–Crippen LogP) is 4.01. The molecule has 0 saturated heterocycles. The molecule has 0 fully saturated rings. The van der Waals surface area contributed by atoms with Crippen molar-refractivity contribution in [2.45, 2.75) is 13.1 Å². The number of aromatic nitrogens is 1. The molecule has 2 aromatic carbocycles. The fraction of sp³-hybridized carbons (Fsp3) is 0.143. The van der Waals surface area contributed by atoms with Gasteiger partial charge in [-0.15, -0.1) is 0 Å². The fourth-order valence-corrected chi connectivity index (χ4v) is 2.89. The number of anilines is 1. The molecule has 0 atom stereocenters. The van der Waals surface area contributed by atoms with Crippen molar-refractivity contribution >= 4 is 23.2 Å². The van der Waals surface area contributed by atoms with Gasteiger partial charge in [0, 0.05) is 18.1 Å². The summed E-state index contributed by atoms with van der Waals surface area (Å²) in [5, 5.41) is 6.83. The number of nitrogens with zero attached hydrogens (tertiary/aromatic N) is 1. The van der Waals surface area contributed by atoms with Gasteiger partial charge in [-0.1, -0.05) is 29.8 Å². The Morgan fingerprint density at radius 2 is 1.75 bits per heavy atom. The van der Waals surface area contributed by atoms with E-state index in [1.807, 2.05) is 48.5 Å². The second kappa shape index (κ2) is 8.19. The van der Waals surface area contributed by atoms with Crippen LogP contribution in [0.1, 0.15) is 21.6 Å². The van der Waals surface area contributed by atoms with Crippen LogP contribution < -0.4 is 20.1 Å². The van der Waals surface area contributed by atoms with E-state index < -0.39 is 0 Å². The average molecular weight is 396 g/mol. The molecule has 0 aliphatic carbocycles. The molecule has 1 aliphatic rings. The maximum atomic E-state index is 12.3. The summed E-state index contributed by atoms with van der Waals surface area (Å²) in [5.74, 6) is 1.18. The van der Waals surface area contributed by atoms with E-state index >= 15 is 0 Å². The Kier molecular flexibility index (Phi) is 5.30. The maximum absolute atomic E-state index is 12.3. The standard InChI is InChI=1S/C21H18ClN3O3/c22-16-4-1-14(2-5-16)10-23-17-6-7-18(24-12-17)21(26)25-11-15-3-8-19-20(9-15)28-13-27-19/h1-9,12,23H,10-11,13H2,(H,25,26). The number of halogens is 1. The first-order chi connectivity index (χ1) is 13.7. The zero-order valence-corrected chi connectivity index (χ0v) is 15.7. The third kappa shape index (κ3) is 4.35. The summed E-state index contributed by atoms with van der Waals surface area (Å²) in [5.41, 5.74) is 3.23. The molecule has 2 N–H and O–H groups in total. The third-order valence-electron chi connectivity index (χ3n) is 4.30. The Balaban J connectivity index is 1.30. The summed E-state index contributed by atoms with van der Waals surface area (Å²) >= 11 is 5.89. The van der Waals surface area contributed by atoms with Crippen LogP contribution in [0.5, 0.6) is 11.5 Å². The van der Waals surface area contributed by atoms with E-state index in [9.17, 15) is 4.79 Å². The summed E-state index contributed by atoms with van der Waals surface area (Å²) in [6, 6.07) is 16.7. The molecule has 4 rings (SSSR count). The molecular weight excluding hydrogens is 378 g/mol. The van der Waals surface area contributed by atoms with Crippen molar-refractivity contribution in [3.8, 4) is 11.5 Å². The quantitative estimate of drug-likeness (QED) is 0.659. The normalized spacial score (nSPS) is 11.9. The second-order valence-corrected chi connectivity index (χ2v) is 6.72. The maximum Gasteiger partial charge on any atom is 0.270 e. The first-order valence-electron chi connectivity index (χ1n) is 8.78. The van der Waals surface area contributed by atoms with Gasteiger partial charge in [-0.3, -0.25) is 4.79 Å². The molecule has 7 heteroatoms. The van der Waals surface area contributed by atoms with Gasteiger partial charge in [0.25, 0.3) is 5.91 Å². The van der Waals surface area contributed by atoms with Crippen LogP contribution in [0.3, 0.4) is 0 Å². The lowest BCUT2D eigenvalue weighted by Crippen LogP contribution is -2.23. The number of hydrogen-bond donors (Lipinski definition) is 2. The molecule has 1 aromatic heterocycles. The van der Waals surface area contributed by atoms with E-state index in [2.05, 4.69) is 15.6 Å². The molecule has 28 heavy (non-hydrogen) atoms. The molecule has 6 nitrogen and oxygen atoms in total. The Hall–Kier alpha value is -3.25. The van der Waals surface area contributed by atoms with Crippen molar-refractivity contribution in [2.24, 2.45) is 0 Å². The van der Waals surface area contributed by atoms with Crippen molar-refractivity contribution < 1.29 is 14.3 Å². The van der Waals surface area contributed by atoms with Gasteiger partial charge in [0.1, 0.15) is 5.69 Å². The Morgan fingerprint density at radius 3 is 2.54 bits per heavy atom. The van der Waals surface area contributed by atoms with E-state index in [0.717, 1.165) is 22.6 Å². The first-order valence-corrected chi connectivity index (χ1v) is 9.16. The molecule has 0 saturated carbocycles. The predicted molar refractivity (Wildman–Crippen MR) is 107 cm³/mol. The Bertz CT molecular complexity index is 975. The number of rotatable bonds is 6. The van der Waals surface area contributed by atoms with Gasteiger partial charge in [-0.05, 0) is 47.5 Å². The molecular formula is C21H18ClN3O3. The van der Waals surface area contributed by atoms with Gasteiger partial charge in [-0.25, -0.2) is 4.98 Å². The Morgan fingerprint density at radius 1 is 0.964 bits per heavy atom. The monoisotopic (exact) mass is 395 g/mol. The number of hydrogen-bond acceptors (Lipinski definition) is 5. The van der Waals surface area contributed by atoms with Gasteiger partial charge in [0.15, 0.2) is 11.5 Å². The van der Waals surface area contributed by atoms with E-state index in [0.29, 0.717) is 29.6 Å². The number of carbonyl (C=O) groups is 1. The van der Waals surface area contributed by atoms with Crippen LogP contribution in [0.4, 0.5) is 5.69 Å². The SMILES string of the molecule is O=C(NCc1ccc2c(c1)OCO2)c1ccc(NCc2ccc(Cl)cc2)cn1. The summed E-state index contributed by atoms with van der Waals surface area (Å²) < 4.78 is 10.6. The highest BCUT2D eigenvalue weighted by molar-refractivity contribution is 6.30. The van der Waals surface area contributed by atoms with Crippen LogP contribution in [0.25, 0.3) is 0 Å². The molecule has 142 valence electrons. The molecule has 0 radical (unpaired) electrons. The highest BCUT2D eigenvalue weighted by Crippen LogP contribution is 2.32. The van der Waals surface area contributed by atoms with Crippen molar-refractivity contribution in [3.05, 3.63) is 82.6 Å². The lowest BCUT2D eigenvalue weighted by Gasteiger charge is -2.08. The lowest BCUT2D eigenvalue weighted by molar-refractivity contribution is 0.0946. The number of fused-ring (bicyclic) bond motifs is 1. The van der Waals surface area contributed by atoms with Crippen molar-refractivity contribution in [3.63, 3.8) is 0 Å². The molecule has 0 spiro atoms. The first kappa shape index (κ1) is 18.1. The number of pyridine rings is 1. The third-order valence-corrected chi connectivity index (χ3v) is 4.55. The minimum atomic E-state index is -0.234. The number of amides is 1. The zero-order chi connectivity index (χ0) is 19.3. The number of nitrogens with one attached hydrogen (secondary N) is 2. The Labute approximate surface area is 167 Å². The molecule has 1 amide bonds. The summed E-state index contributed by atoms with van der Waals surface area (Å²) in [7, 11) is 0. The average Bonchev–Trinajstić information content (AvgIpc) is 3.20. The highest BCUT2D eigenvalue weighted by Gasteiger charge is 2.14. The van der Waals surface area contributed by atoms with Gasteiger partial charge >= 0.3 is 0 Å². The summed E-state index contributed by atoms with van der Waals surface area (Å²) in [6.07, 6.45) is 1.64. The smallest absolute Gasteiger partial charge is 0.270 e. The minimum absolute atomic E-state index is 0.230. The minimum Gasteiger partial charge on any atom is -0.454 e. The fourth-order valence-electron chi connectivity index (χ4n) is 2.76. The van der Waals surface area contributed by atoms with Crippen molar-refractivity contribution in [1.82, 2.24) is 10.3 Å². The molecule has 0 bridgehead atoms. The van der Waals surface area contributed by atoms with Crippen molar-refractivity contribution in [1.29, 1.82) is 0 Å². The summed E-state index contributed by atoms with van der Waals surface area (Å²) in [4.78, 5) is 16.5. The topological polar surface area (TPSA) is 72.5 Å². The van der Waals surface area contributed by atoms with Crippen LogP contribution in [0, 0.1) is 0 Å². The van der Waals surface area contributed by atoms with Crippen LogP contribution in [-0.4, -0.2) is 17.7 Å². The van der Waals surface area contributed by atoms with E-state index in [1.54, 1.807) is 12.3 Å². The molecule has 3 aromatic rings. The van der Waals surface area contributed by atoms with Gasteiger partial charge in [0.2, 0.25) is 6.79 Å². The molecule has 0 unspecified atom stereocenters. The van der Waals surface area contributed by atoms with Crippen LogP contribution in [0.2, 0.25) is 5.02 Å². The largest absolute Gasteiger partial charge is 0.454 e. The summed E-state index contributed by atoms with van der Waals surface area (Å²) in [6.45, 7) is 1.26. The van der Waals surface area contributed by atoms with Crippen LogP contribution in [-0.2, 0) is 13.1 Å². The van der Waals surface area contributed by atoms with E-state index in [4.69, 9.17) is 21.1 Å². The van der Waals surface area contributed by atoms with E-state index in [-0.39, 0.29) is 12.7 Å². The lowest BCUT2D eigenvalue weighted by atomic mass is 10.2. The number of benzene rings is 2. The van der Waals surface area contributed by atoms with Crippen LogP contribution >= 0.6 is 11.6 Å². The van der Waals surface area contributed by atoms with Crippen LogP contribution in [0.15, 0.2) is 60.8 Å². The number of carbonyl (C=O) groups excluding carboxylic acids is 1. The van der Waals surface area contributed by atoms with Crippen molar-refractivity contribution in [2.75, 3.05) is 12.1 Å². The van der Waals surface area contributed by atoms with Gasteiger partial charge < -0.3 is 20.1 Å². The molecule has 1 aliphatic heterocycles. The molecule has 2 heterocycles.